The molecule has 0 bridgehead atoms. The van der Waals surface area contributed by atoms with Crippen molar-refractivity contribution < 1.29 is 23.0 Å². The first-order valence-corrected chi connectivity index (χ1v) is 6.22. The van der Waals surface area contributed by atoms with Gasteiger partial charge in [0.15, 0.2) is 0 Å². The SMILES string of the molecule is NCc1ccc(Oc2ccc(CO)cc2)c(C(F)(F)F)c1. The first-order chi connectivity index (χ1) is 9.94. The Labute approximate surface area is 119 Å². The van der Waals surface area contributed by atoms with Crippen molar-refractivity contribution in [3.8, 4) is 11.5 Å². The highest BCUT2D eigenvalue weighted by atomic mass is 19.4. The number of ether oxygens (including phenoxy) is 1. The first-order valence-electron chi connectivity index (χ1n) is 6.22. The molecular weight excluding hydrogens is 283 g/mol. The van der Waals surface area contributed by atoms with Crippen LogP contribution in [0, 0.1) is 0 Å². The van der Waals surface area contributed by atoms with Crippen LogP contribution in [0.3, 0.4) is 0 Å². The Kier molecular flexibility index (Phi) is 4.50. The average molecular weight is 297 g/mol. The summed E-state index contributed by atoms with van der Waals surface area (Å²) in [4.78, 5) is 0. The molecule has 0 aliphatic heterocycles. The highest BCUT2D eigenvalue weighted by Gasteiger charge is 2.34. The van der Waals surface area contributed by atoms with Crippen LogP contribution in [0.25, 0.3) is 0 Å². The summed E-state index contributed by atoms with van der Waals surface area (Å²) in [6, 6.07) is 9.90. The van der Waals surface area contributed by atoms with Gasteiger partial charge in [-0.15, -0.1) is 0 Å². The molecule has 0 atom stereocenters. The zero-order valence-electron chi connectivity index (χ0n) is 11.0. The Morgan fingerprint density at radius 2 is 1.62 bits per heavy atom. The molecule has 0 aliphatic carbocycles. The van der Waals surface area contributed by atoms with Crippen molar-refractivity contribution in [2.45, 2.75) is 19.3 Å². The quantitative estimate of drug-likeness (QED) is 0.908. The molecular formula is C15H14F3NO2. The third-order valence-electron chi connectivity index (χ3n) is 2.92. The maximum absolute atomic E-state index is 13.0. The number of aliphatic hydroxyl groups is 1. The van der Waals surface area contributed by atoms with E-state index < -0.39 is 11.7 Å². The fraction of sp³-hybridized carbons (Fsp3) is 0.200. The van der Waals surface area contributed by atoms with E-state index in [2.05, 4.69) is 0 Å². The van der Waals surface area contributed by atoms with Crippen LogP contribution in [0.1, 0.15) is 16.7 Å². The third-order valence-corrected chi connectivity index (χ3v) is 2.92. The predicted octanol–water partition coefficient (Wildman–Crippen LogP) is 3.45. The largest absolute Gasteiger partial charge is 0.457 e. The van der Waals surface area contributed by atoms with Crippen LogP contribution < -0.4 is 10.5 Å². The number of alkyl halides is 3. The van der Waals surface area contributed by atoms with Gasteiger partial charge in [-0.2, -0.15) is 13.2 Å². The molecule has 112 valence electrons. The highest BCUT2D eigenvalue weighted by molar-refractivity contribution is 5.42. The summed E-state index contributed by atoms with van der Waals surface area (Å²) >= 11 is 0. The molecule has 21 heavy (non-hydrogen) atoms. The van der Waals surface area contributed by atoms with Gasteiger partial charge in [-0.1, -0.05) is 18.2 Å². The topological polar surface area (TPSA) is 55.5 Å². The Bertz CT molecular complexity index is 609. The number of nitrogens with two attached hydrogens (primary N) is 1. The van der Waals surface area contributed by atoms with E-state index in [1.165, 1.54) is 24.3 Å². The van der Waals surface area contributed by atoms with Gasteiger partial charge in [0, 0.05) is 6.54 Å². The summed E-state index contributed by atoms with van der Waals surface area (Å²) in [7, 11) is 0. The molecule has 2 aromatic carbocycles. The van der Waals surface area contributed by atoms with Gasteiger partial charge in [0.05, 0.1) is 12.2 Å². The molecule has 3 nitrogen and oxygen atoms in total. The molecule has 6 heteroatoms. The minimum absolute atomic E-state index is 0.0224. The Hall–Kier alpha value is -2.05. The van der Waals surface area contributed by atoms with Crippen LogP contribution in [-0.2, 0) is 19.3 Å². The molecule has 0 amide bonds. The van der Waals surface area contributed by atoms with Crippen molar-refractivity contribution in [1.29, 1.82) is 0 Å². The third kappa shape index (κ3) is 3.74. The van der Waals surface area contributed by atoms with Crippen LogP contribution in [0.2, 0.25) is 0 Å². The molecule has 0 saturated carbocycles. The molecule has 3 N–H and O–H groups in total. The predicted molar refractivity (Wildman–Crippen MR) is 71.8 cm³/mol. The Balaban J connectivity index is 2.34. The summed E-state index contributed by atoms with van der Waals surface area (Å²) in [6.45, 7) is -0.117. The van der Waals surface area contributed by atoms with Crippen LogP contribution in [-0.4, -0.2) is 5.11 Å². The molecule has 2 aromatic rings. The standard InChI is InChI=1S/C15H14F3NO2/c16-15(17,18)13-7-11(8-19)3-6-14(13)21-12-4-1-10(9-20)2-5-12/h1-7,20H,8-9,19H2. The van der Waals surface area contributed by atoms with E-state index in [4.69, 9.17) is 15.6 Å². The van der Waals surface area contributed by atoms with Crippen LogP contribution >= 0.6 is 0 Å². The van der Waals surface area contributed by atoms with Gasteiger partial charge in [-0.25, -0.2) is 0 Å². The fourth-order valence-corrected chi connectivity index (χ4v) is 1.80. The Morgan fingerprint density at radius 3 is 2.14 bits per heavy atom. The molecule has 0 spiro atoms. The lowest BCUT2D eigenvalue weighted by atomic mass is 10.1. The van der Waals surface area contributed by atoms with Crippen molar-refractivity contribution in [3.05, 3.63) is 59.2 Å². The summed E-state index contributed by atoms with van der Waals surface area (Å²) in [5.41, 5.74) is 5.53. The number of rotatable bonds is 4. The molecule has 0 heterocycles. The molecule has 0 unspecified atom stereocenters. The molecule has 0 aromatic heterocycles. The monoisotopic (exact) mass is 297 g/mol. The minimum Gasteiger partial charge on any atom is -0.457 e. The lowest BCUT2D eigenvalue weighted by Gasteiger charge is -2.15. The van der Waals surface area contributed by atoms with Gasteiger partial charge in [-0.3, -0.25) is 0 Å². The summed E-state index contributed by atoms with van der Waals surface area (Å²) in [5, 5.41) is 8.93. The smallest absolute Gasteiger partial charge is 0.419 e. The van der Waals surface area contributed by atoms with Crippen molar-refractivity contribution in [2.75, 3.05) is 0 Å². The van der Waals surface area contributed by atoms with Gasteiger partial charge in [-0.05, 0) is 35.4 Å². The second-order valence-electron chi connectivity index (χ2n) is 4.44. The zero-order chi connectivity index (χ0) is 15.5. The van der Waals surface area contributed by atoms with Gasteiger partial charge in [0.25, 0.3) is 0 Å². The van der Waals surface area contributed by atoms with Gasteiger partial charge in [0.1, 0.15) is 11.5 Å². The van der Waals surface area contributed by atoms with E-state index in [-0.39, 0.29) is 24.7 Å². The zero-order valence-corrected chi connectivity index (χ0v) is 11.0. The lowest BCUT2D eigenvalue weighted by Crippen LogP contribution is -2.09. The highest BCUT2D eigenvalue weighted by Crippen LogP contribution is 2.38. The maximum Gasteiger partial charge on any atom is 0.419 e. The average Bonchev–Trinajstić information content (AvgIpc) is 2.47. The number of hydrogen-bond donors (Lipinski definition) is 2. The fourth-order valence-electron chi connectivity index (χ4n) is 1.80. The normalized spacial score (nSPS) is 11.5. The van der Waals surface area contributed by atoms with Gasteiger partial charge >= 0.3 is 6.18 Å². The summed E-state index contributed by atoms with van der Waals surface area (Å²) in [5.74, 6) is -0.0188. The van der Waals surface area contributed by atoms with E-state index in [9.17, 15) is 13.2 Å². The van der Waals surface area contributed by atoms with Crippen LogP contribution in [0.5, 0.6) is 11.5 Å². The number of aliphatic hydroxyl groups excluding tert-OH is 1. The maximum atomic E-state index is 13.0. The summed E-state index contributed by atoms with van der Waals surface area (Å²) in [6.07, 6.45) is -4.52. The second-order valence-corrected chi connectivity index (χ2v) is 4.44. The van der Waals surface area contributed by atoms with E-state index in [1.54, 1.807) is 12.1 Å². The molecule has 0 saturated heterocycles. The number of halogens is 3. The second kappa shape index (κ2) is 6.15. The molecule has 2 rings (SSSR count). The van der Waals surface area contributed by atoms with Crippen molar-refractivity contribution in [2.24, 2.45) is 5.73 Å². The minimum atomic E-state index is -4.52. The van der Waals surface area contributed by atoms with E-state index in [0.29, 0.717) is 11.1 Å². The first kappa shape index (κ1) is 15.3. The van der Waals surface area contributed by atoms with Gasteiger partial charge < -0.3 is 15.6 Å². The Morgan fingerprint density at radius 1 is 1.00 bits per heavy atom. The van der Waals surface area contributed by atoms with Crippen LogP contribution in [0.4, 0.5) is 13.2 Å². The number of hydrogen-bond acceptors (Lipinski definition) is 3. The van der Waals surface area contributed by atoms with Crippen molar-refractivity contribution >= 4 is 0 Å². The van der Waals surface area contributed by atoms with Crippen molar-refractivity contribution in [1.82, 2.24) is 0 Å². The van der Waals surface area contributed by atoms with E-state index >= 15 is 0 Å². The van der Waals surface area contributed by atoms with E-state index in [0.717, 1.165) is 6.07 Å². The summed E-state index contributed by atoms with van der Waals surface area (Å²) < 4.78 is 44.4. The van der Waals surface area contributed by atoms with E-state index in [1.807, 2.05) is 0 Å². The molecule has 0 radical (unpaired) electrons. The van der Waals surface area contributed by atoms with Gasteiger partial charge in [0.2, 0.25) is 0 Å². The van der Waals surface area contributed by atoms with Crippen LogP contribution in [0.15, 0.2) is 42.5 Å². The molecule has 0 fully saturated rings. The van der Waals surface area contributed by atoms with Crippen molar-refractivity contribution in [3.63, 3.8) is 0 Å². The molecule has 0 aliphatic rings. The lowest BCUT2D eigenvalue weighted by molar-refractivity contribution is -0.138. The number of benzene rings is 2.